The van der Waals surface area contributed by atoms with E-state index in [1.165, 1.54) is 15.9 Å². The minimum atomic E-state index is -0.153. The fourth-order valence-electron chi connectivity index (χ4n) is 0.806. The molecule has 0 aliphatic carbocycles. The van der Waals surface area contributed by atoms with Gasteiger partial charge in [0.25, 0.3) is 0 Å². The maximum absolute atomic E-state index is 11.0. The normalized spacial score (nSPS) is 10.2. The second kappa shape index (κ2) is 2.35. The molecule has 56 valence electrons. The number of aromatic amines is 1. The Kier molecular flexibility index (Phi) is 1.36. The average molecular weight is 167 g/mol. The first kappa shape index (κ1) is 6.36. The molecule has 0 fully saturated rings. The minimum Gasteiger partial charge on any atom is -0.312 e. The number of nitrogens with zero attached hydrogens (tertiary/aromatic N) is 2. The fourth-order valence-corrected chi connectivity index (χ4v) is 1.43. The molecule has 4 nitrogen and oxygen atoms in total. The highest BCUT2D eigenvalue weighted by Crippen LogP contribution is 2.06. The van der Waals surface area contributed by atoms with Crippen LogP contribution in [0.5, 0.6) is 0 Å². The van der Waals surface area contributed by atoms with Crippen molar-refractivity contribution in [3.63, 3.8) is 0 Å². The quantitative estimate of drug-likeness (QED) is 0.677. The third-order valence-corrected chi connectivity index (χ3v) is 2.05. The number of hydrogen-bond donors (Lipinski definition) is 1. The number of nitrogens with one attached hydrogen (secondary N) is 1. The van der Waals surface area contributed by atoms with E-state index < -0.39 is 0 Å². The molecular weight excluding hydrogens is 162 g/mol. The van der Waals surface area contributed by atoms with Crippen LogP contribution in [-0.2, 0) is 0 Å². The van der Waals surface area contributed by atoms with Crippen LogP contribution in [0.25, 0.3) is 5.13 Å². The Balaban J connectivity index is 2.62. The zero-order valence-electron chi connectivity index (χ0n) is 5.52. The first-order valence-electron chi connectivity index (χ1n) is 3.04. The van der Waals surface area contributed by atoms with Crippen molar-refractivity contribution < 1.29 is 0 Å². The van der Waals surface area contributed by atoms with E-state index in [0.29, 0.717) is 5.13 Å². The highest BCUT2D eigenvalue weighted by atomic mass is 32.1. The fraction of sp³-hybridized carbons (Fsp3) is 0. The summed E-state index contributed by atoms with van der Waals surface area (Å²) in [5, 5.41) is 2.52. The Hall–Kier alpha value is -1.36. The largest absolute Gasteiger partial charge is 0.331 e. The molecule has 0 aromatic carbocycles. The average Bonchev–Trinajstić information content (AvgIpc) is 2.55. The number of thiazole rings is 1. The van der Waals surface area contributed by atoms with Crippen molar-refractivity contribution >= 4 is 11.3 Å². The van der Waals surface area contributed by atoms with Crippen molar-refractivity contribution in [2.45, 2.75) is 0 Å². The molecule has 0 saturated heterocycles. The van der Waals surface area contributed by atoms with Crippen LogP contribution < -0.4 is 5.69 Å². The molecule has 11 heavy (non-hydrogen) atoms. The monoisotopic (exact) mass is 167 g/mol. The topological polar surface area (TPSA) is 50.7 Å². The van der Waals surface area contributed by atoms with Gasteiger partial charge in [-0.15, -0.1) is 11.3 Å². The second-order valence-corrected chi connectivity index (χ2v) is 2.82. The van der Waals surface area contributed by atoms with Crippen molar-refractivity contribution in [3.8, 4) is 5.13 Å². The van der Waals surface area contributed by atoms with Crippen molar-refractivity contribution in [1.82, 2.24) is 14.5 Å². The third-order valence-electron chi connectivity index (χ3n) is 1.27. The summed E-state index contributed by atoms with van der Waals surface area (Å²) in [6.07, 6.45) is 4.91. The van der Waals surface area contributed by atoms with Gasteiger partial charge in [-0.2, -0.15) is 0 Å². The zero-order chi connectivity index (χ0) is 7.68. The van der Waals surface area contributed by atoms with Gasteiger partial charge in [-0.25, -0.2) is 14.3 Å². The molecule has 0 unspecified atom stereocenters. The first-order chi connectivity index (χ1) is 5.38. The molecule has 0 radical (unpaired) electrons. The van der Waals surface area contributed by atoms with Gasteiger partial charge in [0.1, 0.15) is 0 Å². The van der Waals surface area contributed by atoms with E-state index in [0.717, 1.165) is 0 Å². The summed E-state index contributed by atoms with van der Waals surface area (Å²) >= 11 is 1.43. The molecule has 0 atom stereocenters. The highest BCUT2D eigenvalue weighted by Gasteiger charge is 1.99. The van der Waals surface area contributed by atoms with Gasteiger partial charge in [-0.05, 0) is 0 Å². The Morgan fingerprint density at radius 2 is 2.55 bits per heavy atom. The van der Waals surface area contributed by atoms with Gasteiger partial charge >= 0.3 is 5.69 Å². The van der Waals surface area contributed by atoms with E-state index >= 15 is 0 Å². The molecule has 0 aliphatic heterocycles. The smallest absolute Gasteiger partial charge is 0.312 e. The van der Waals surface area contributed by atoms with Gasteiger partial charge in [0.2, 0.25) is 0 Å². The molecule has 0 spiro atoms. The van der Waals surface area contributed by atoms with Crippen molar-refractivity contribution in [2.75, 3.05) is 0 Å². The Bertz CT molecular complexity index is 386. The summed E-state index contributed by atoms with van der Waals surface area (Å²) in [4.78, 5) is 17.5. The molecule has 2 aromatic heterocycles. The Labute approximate surface area is 66.1 Å². The Morgan fingerprint density at radius 1 is 1.64 bits per heavy atom. The van der Waals surface area contributed by atoms with Crippen LogP contribution in [0.2, 0.25) is 0 Å². The molecular formula is C6H5N3OS. The zero-order valence-corrected chi connectivity index (χ0v) is 6.34. The number of H-pyrrole nitrogens is 1. The number of aromatic nitrogens is 3. The number of imidazole rings is 1. The SMILES string of the molecule is O=c1[nH]ccn1-c1nccs1. The van der Waals surface area contributed by atoms with Crippen LogP contribution in [0.4, 0.5) is 0 Å². The van der Waals surface area contributed by atoms with Gasteiger partial charge in [-0.3, -0.25) is 0 Å². The summed E-state index contributed by atoms with van der Waals surface area (Å²) in [6, 6.07) is 0. The molecule has 0 aliphatic rings. The lowest BCUT2D eigenvalue weighted by atomic mass is 10.9. The summed E-state index contributed by atoms with van der Waals surface area (Å²) < 4.78 is 1.46. The van der Waals surface area contributed by atoms with Crippen molar-refractivity contribution in [3.05, 3.63) is 34.5 Å². The molecule has 5 heteroatoms. The van der Waals surface area contributed by atoms with Crippen molar-refractivity contribution in [2.24, 2.45) is 0 Å². The Morgan fingerprint density at radius 3 is 3.09 bits per heavy atom. The maximum Gasteiger partial charge on any atom is 0.331 e. The molecule has 0 saturated carbocycles. The van der Waals surface area contributed by atoms with Crippen LogP contribution in [-0.4, -0.2) is 14.5 Å². The minimum absolute atomic E-state index is 0.153. The van der Waals surface area contributed by atoms with Gasteiger partial charge in [0, 0.05) is 24.0 Å². The summed E-state index contributed by atoms with van der Waals surface area (Å²) in [5.74, 6) is 0. The molecule has 1 N–H and O–H groups in total. The first-order valence-corrected chi connectivity index (χ1v) is 3.92. The second-order valence-electron chi connectivity index (χ2n) is 1.95. The van der Waals surface area contributed by atoms with E-state index in [9.17, 15) is 4.79 Å². The predicted molar refractivity (Wildman–Crippen MR) is 42.1 cm³/mol. The molecule has 2 heterocycles. The predicted octanol–water partition coefficient (Wildman–Crippen LogP) is 0.622. The van der Waals surface area contributed by atoms with Crippen LogP contribution >= 0.6 is 11.3 Å². The lowest BCUT2D eigenvalue weighted by Crippen LogP contribution is -2.13. The van der Waals surface area contributed by atoms with E-state index in [1.54, 1.807) is 18.6 Å². The maximum atomic E-state index is 11.0. The number of hydrogen-bond acceptors (Lipinski definition) is 3. The summed E-state index contributed by atoms with van der Waals surface area (Å²) in [6.45, 7) is 0. The van der Waals surface area contributed by atoms with Crippen molar-refractivity contribution in [1.29, 1.82) is 0 Å². The van der Waals surface area contributed by atoms with E-state index in [2.05, 4.69) is 9.97 Å². The number of rotatable bonds is 1. The van der Waals surface area contributed by atoms with E-state index in [1.807, 2.05) is 5.38 Å². The summed E-state index contributed by atoms with van der Waals surface area (Å²) in [7, 11) is 0. The lowest BCUT2D eigenvalue weighted by Gasteiger charge is -1.89. The van der Waals surface area contributed by atoms with Crippen LogP contribution in [0.1, 0.15) is 0 Å². The van der Waals surface area contributed by atoms with E-state index in [-0.39, 0.29) is 5.69 Å². The van der Waals surface area contributed by atoms with Gasteiger partial charge < -0.3 is 4.98 Å². The van der Waals surface area contributed by atoms with Crippen LogP contribution in [0, 0.1) is 0 Å². The highest BCUT2D eigenvalue weighted by molar-refractivity contribution is 7.12. The lowest BCUT2D eigenvalue weighted by molar-refractivity contribution is 0.970. The van der Waals surface area contributed by atoms with Crippen LogP contribution in [0.15, 0.2) is 28.8 Å². The summed E-state index contributed by atoms with van der Waals surface area (Å²) in [5.41, 5.74) is -0.153. The molecule has 2 aromatic rings. The molecule has 0 bridgehead atoms. The van der Waals surface area contributed by atoms with E-state index in [4.69, 9.17) is 0 Å². The van der Waals surface area contributed by atoms with Gasteiger partial charge in [0.05, 0.1) is 0 Å². The van der Waals surface area contributed by atoms with Crippen LogP contribution in [0.3, 0.4) is 0 Å². The third kappa shape index (κ3) is 0.988. The standard InChI is InChI=1S/C6H5N3OS/c10-5-7-1-3-9(5)6-8-2-4-11-6/h1-4H,(H,7,10). The van der Waals surface area contributed by atoms with Gasteiger partial charge in [0.15, 0.2) is 5.13 Å². The molecule has 2 rings (SSSR count). The molecule has 0 amide bonds. The van der Waals surface area contributed by atoms with Gasteiger partial charge in [-0.1, -0.05) is 0 Å².